The van der Waals surface area contributed by atoms with Crippen molar-refractivity contribution in [3.8, 4) is 11.5 Å². The summed E-state index contributed by atoms with van der Waals surface area (Å²) in [6, 6.07) is 10.3. The van der Waals surface area contributed by atoms with Crippen molar-refractivity contribution >= 4 is 11.5 Å². The molecule has 0 aliphatic carbocycles. The number of hydrogen-bond acceptors (Lipinski definition) is 4. The summed E-state index contributed by atoms with van der Waals surface area (Å²) in [6.07, 6.45) is 0. The predicted octanol–water partition coefficient (Wildman–Crippen LogP) is 3.39. The topological polar surface area (TPSA) is 38.8 Å². The Morgan fingerprint density at radius 2 is 2.00 bits per heavy atom. The van der Waals surface area contributed by atoms with Crippen LogP contribution in [0.3, 0.4) is 0 Å². The SMILES string of the molecule is CC(=O)c1c(F)cccc1N(C)Cc1ccc2c(c1)OCO2. The number of halogens is 1. The molecule has 1 aliphatic heterocycles. The van der Waals surface area contributed by atoms with Gasteiger partial charge in [-0.25, -0.2) is 4.39 Å². The van der Waals surface area contributed by atoms with Crippen LogP contribution in [0, 0.1) is 5.82 Å². The van der Waals surface area contributed by atoms with E-state index in [0.29, 0.717) is 18.0 Å². The third-order valence-corrected chi connectivity index (χ3v) is 3.61. The summed E-state index contributed by atoms with van der Waals surface area (Å²) in [6.45, 7) is 2.13. The molecule has 1 heterocycles. The summed E-state index contributed by atoms with van der Waals surface area (Å²) in [5, 5.41) is 0. The first-order valence-electron chi connectivity index (χ1n) is 6.95. The highest BCUT2D eigenvalue weighted by Crippen LogP contribution is 2.33. The Labute approximate surface area is 128 Å². The van der Waals surface area contributed by atoms with Crippen LogP contribution in [0.2, 0.25) is 0 Å². The first kappa shape index (κ1) is 14.4. The summed E-state index contributed by atoms with van der Waals surface area (Å²) in [5.74, 6) is 0.645. The van der Waals surface area contributed by atoms with Gasteiger partial charge in [0.05, 0.1) is 11.3 Å². The maximum atomic E-state index is 13.9. The second-order valence-corrected chi connectivity index (χ2v) is 5.23. The van der Waals surface area contributed by atoms with Crippen molar-refractivity contribution in [3.63, 3.8) is 0 Å². The minimum absolute atomic E-state index is 0.116. The fourth-order valence-corrected chi connectivity index (χ4v) is 2.58. The number of carbonyl (C=O) groups excluding carboxylic acids is 1. The summed E-state index contributed by atoms with van der Waals surface area (Å²) < 4.78 is 24.5. The second-order valence-electron chi connectivity index (χ2n) is 5.23. The van der Waals surface area contributed by atoms with E-state index in [9.17, 15) is 9.18 Å². The number of carbonyl (C=O) groups is 1. The number of ether oxygens (including phenoxy) is 2. The van der Waals surface area contributed by atoms with Crippen LogP contribution < -0.4 is 14.4 Å². The lowest BCUT2D eigenvalue weighted by atomic mass is 10.1. The molecule has 0 radical (unpaired) electrons. The van der Waals surface area contributed by atoms with Crippen molar-refractivity contribution < 1.29 is 18.7 Å². The van der Waals surface area contributed by atoms with Crippen LogP contribution in [0.5, 0.6) is 11.5 Å². The molecular weight excluding hydrogens is 285 g/mol. The zero-order valence-electron chi connectivity index (χ0n) is 12.4. The third-order valence-electron chi connectivity index (χ3n) is 3.61. The minimum atomic E-state index is -0.498. The lowest BCUT2D eigenvalue weighted by molar-refractivity contribution is 0.101. The van der Waals surface area contributed by atoms with Crippen LogP contribution in [-0.4, -0.2) is 19.6 Å². The van der Waals surface area contributed by atoms with E-state index < -0.39 is 5.82 Å². The van der Waals surface area contributed by atoms with E-state index in [0.717, 1.165) is 11.3 Å². The van der Waals surface area contributed by atoms with Gasteiger partial charge in [0.15, 0.2) is 17.3 Å². The quantitative estimate of drug-likeness (QED) is 0.811. The lowest BCUT2D eigenvalue weighted by Crippen LogP contribution is -2.19. The fraction of sp³-hybridized carbons (Fsp3) is 0.235. The Bertz CT molecular complexity index is 730. The summed E-state index contributed by atoms with van der Waals surface area (Å²) >= 11 is 0. The van der Waals surface area contributed by atoms with E-state index in [1.165, 1.54) is 13.0 Å². The zero-order chi connectivity index (χ0) is 15.7. The van der Waals surface area contributed by atoms with Gasteiger partial charge in [0, 0.05) is 13.6 Å². The largest absolute Gasteiger partial charge is 0.454 e. The monoisotopic (exact) mass is 301 g/mol. The molecule has 0 bridgehead atoms. The van der Waals surface area contributed by atoms with Gasteiger partial charge in [0.2, 0.25) is 6.79 Å². The van der Waals surface area contributed by atoms with Gasteiger partial charge in [-0.05, 0) is 36.8 Å². The van der Waals surface area contributed by atoms with Crippen molar-refractivity contribution in [2.24, 2.45) is 0 Å². The number of nitrogens with zero attached hydrogens (tertiary/aromatic N) is 1. The molecule has 4 nitrogen and oxygen atoms in total. The van der Waals surface area contributed by atoms with Crippen LogP contribution in [0.1, 0.15) is 22.8 Å². The van der Waals surface area contributed by atoms with Gasteiger partial charge in [0.1, 0.15) is 5.82 Å². The van der Waals surface area contributed by atoms with E-state index >= 15 is 0 Å². The number of anilines is 1. The van der Waals surface area contributed by atoms with E-state index in [2.05, 4.69) is 0 Å². The number of rotatable bonds is 4. The van der Waals surface area contributed by atoms with Gasteiger partial charge < -0.3 is 14.4 Å². The van der Waals surface area contributed by atoms with Crippen molar-refractivity contribution in [3.05, 3.63) is 53.3 Å². The highest BCUT2D eigenvalue weighted by atomic mass is 19.1. The highest BCUT2D eigenvalue weighted by molar-refractivity contribution is 6.00. The molecule has 0 amide bonds. The van der Waals surface area contributed by atoms with Crippen LogP contribution in [0.4, 0.5) is 10.1 Å². The van der Waals surface area contributed by atoms with Crippen LogP contribution in [-0.2, 0) is 6.54 Å². The van der Waals surface area contributed by atoms with Gasteiger partial charge in [-0.1, -0.05) is 12.1 Å². The van der Waals surface area contributed by atoms with Gasteiger partial charge in [-0.2, -0.15) is 0 Å². The van der Waals surface area contributed by atoms with Gasteiger partial charge >= 0.3 is 0 Å². The smallest absolute Gasteiger partial charge is 0.231 e. The first-order valence-corrected chi connectivity index (χ1v) is 6.95. The maximum Gasteiger partial charge on any atom is 0.231 e. The van der Waals surface area contributed by atoms with Crippen molar-refractivity contribution in [1.29, 1.82) is 0 Å². The fourth-order valence-electron chi connectivity index (χ4n) is 2.58. The Balaban J connectivity index is 1.87. The molecule has 0 atom stereocenters. The van der Waals surface area contributed by atoms with E-state index in [1.54, 1.807) is 12.1 Å². The first-order chi connectivity index (χ1) is 10.6. The Kier molecular flexibility index (Phi) is 3.71. The molecule has 0 fully saturated rings. The molecule has 0 saturated carbocycles. The van der Waals surface area contributed by atoms with E-state index in [4.69, 9.17) is 9.47 Å². The molecule has 22 heavy (non-hydrogen) atoms. The number of ketones is 1. The highest BCUT2D eigenvalue weighted by Gasteiger charge is 2.17. The molecule has 0 spiro atoms. The Hall–Kier alpha value is -2.56. The molecule has 5 heteroatoms. The van der Waals surface area contributed by atoms with Crippen LogP contribution >= 0.6 is 0 Å². The molecule has 1 aliphatic rings. The summed E-state index contributed by atoms with van der Waals surface area (Å²) in [4.78, 5) is 13.5. The lowest BCUT2D eigenvalue weighted by Gasteiger charge is -2.22. The van der Waals surface area contributed by atoms with Gasteiger partial charge in [-0.3, -0.25) is 4.79 Å². The molecule has 0 N–H and O–H groups in total. The van der Waals surface area contributed by atoms with Gasteiger partial charge in [0.25, 0.3) is 0 Å². The Morgan fingerprint density at radius 1 is 1.23 bits per heavy atom. The molecule has 0 saturated heterocycles. The second kappa shape index (κ2) is 5.67. The number of hydrogen-bond donors (Lipinski definition) is 0. The molecule has 0 aromatic heterocycles. The van der Waals surface area contributed by atoms with E-state index in [-0.39, 0.29) is 18.1 Å². The molecular formula is C17H16FNO3. The average Bonchev–Trinajstić information content (AvgIpc) is 2.94. The van der Waals surface area contributed by atoms with Crippen molar-refractivity contribution in [1.82, 2.24) is 0 Å². The van der Waals surface area contributed by atoms with E-state index in [1.807, 2.05) is 30.1 Å². The predicted molar refractivity (Wildman–Crippen MR) is 81.1 cm³/mol. The molecule has 3 rings (SSSR count). The molecule has 2 aromatic rings. The zero-order valence-corrected chi connectivity index (χ0v) is 12.4. The van der Waals surface area contributed by atoms with Crippen molar-refractivity contribution in [2.45, 2.75) is 13.5 Å². The normalized spacial score (nSPS) is 12.3. The summed E-state index contributed by atoms with van der Waals surface area (Å²) in [7, 11) is 1.83. The molecule has 2 aromatic carbocycles. The molecule has 114 valence electrons. The third kappa shape index (κ3) is 2.62. The molecule has 0 unspecified atom stereocenters. The standard InChI is InChI=1S/C17H16FNO3/c1-11(20)17-13(18)4-3-5-14(17)19(2)9-12-6-7-15-16(8-12)22-10-21-15/h3-8H,9-10H2,1-2H3. The maximum absolute atomic E-state index is 13.9. The average molecular weight is 301 g/mol. The number of Topliss-reactive ketones (excluding diaryl/α,β-unsaturated/α-hetero) is 1. The number of fused-ring (bicyclic) bond motifs is 1. The van der Waals surface area contributed by atoms with Crippen LogP contribution in [0.25, 0.3) is 0 Å². The van der Waals surface area contributed by atoms with Gasteiger partial charge in [-0.15, -0.1) is 0 Å². The Morgan fingerprint density at radius 3 is 2.77 bits per heavy atom. The summed E-state index contributed by atoms with van der Waals surface area (Å²) in [5.41, 5.74) is 1.68. The van der Waals surface area contributed by atoms with Crippen LogP contribution in [0.15, 0.2) is 36.4 Å². The van der Waals surface area contributed by atoms with Crippen molar-refractivity contribution in [2.75, 3.05) is 18.7 Å². The minimum Gasteiger partial charge on any atom is -0.454 e. The number of benzene rings is 2.